The van der Waals surface area contributed by atoms with Crippen LogP contribution in [0, 0.1) is 17.0 Å². The number of ether oxygens (including phenoxy) is 1. The average molecular weight is 244 g/mol. The summed E-state index contributed by atoms with van der Waals surface area (Å²) >= 11 is 0. The van der Waals surface area contributed by atoms with Gasteiger partial charge < -0.3 is 4.74 Å². The zero-order chi connectivity index (χ0) is 13.1. The lowest BCUT2D eigenvalue weighted by molar-refractivity contribution is -0.130. The number of hydrogen-bond acceptors (Lipinski definition) is 3. The van der Waals surface area contributed by atoms with E-state index in [2.05, 4.69) is 0 Å². The third kappa shape index (κ3) is 3.39. The van der Waals surface area contributed by atoms with Gasteiger partial charge in [0.25, 0.3) is 0 Å². The van der Waals surface area contributed by atoms with Gasteiger partial charge in [-0.25, -0.2) is 14.6 Å². The molecule has 4 nitrogen and oxygen atoms in total. The molecule has 1 amide bonds. The summed E-state index contributed by atoms with van der Waals surface area (Å²) in [5.41, 5.74) is 1.15. The van der Waals surface area contributed by atoms with Gasteiger partial charge in [-0.15, -0.1) is 0 Å². The number of nitrogens with two attached hydrogens (primary N) is 1. The fourth-order valence-electron chi connectivity index (χ4n) is 1.09. The minimum Gasteiger partial charge on any atom is -0.492 e. The summed E-state index contributed by atoms with van der Waals surface area (Å²) in [5.74, 6) is 2.81. The second-order valence-corrected chi connectivity index (χ2v) is 4.22. The van der Waals surface area contributed by atoms with Gasteiger partial charge in [-0.05, 0) is 26.0 Å². The average Bonchev–Trinajstić information content (AvgIpc) is 2.29. The van der Waals surface area contributed by atoms with Gasteiger partial charge in [0.2, 0.25) is 5.91 Å². The summed E-state index contributed by atoms with van der Waals surface area (Å²) in [7, 11) is 0. The van der Waals surface area contributed by atoms with Gasteiger partial charge in [-0.3, -0.25) is 10.2 Å². The molecule has 0 aliphatic rings. The second kappa shape index (κ2) is 5.09. The van der Waals surface area contributed by atoms with Crippen LogP contribution in [0.3, 0.4) is 0 Å². The van der Waals surface area contributed by atoms with Crippen molar-refractivity contribution in [3.63, 3.8) is 0 Å². The maximum Gasteiger partial charge on any atom is 0.242 e. The van der Waals surface area contributed by atoms with E-state index in [4.69, 9.17) is 10.6 Å². The summed E-state index contributed by atoms with van der Waals surface area (Å²) in [5, 5.41) is 0. The number of hydrogen-bond donors (Lipinski definition) is 2. The largest absolute Gasteiger partial charge is 0.492 e. The highest BCUT2D eigenvalue weighted by Crippen LogP contribution is 2.20. The fourth-order valence-corrected chi connectivity index (χ4v) is 1.09. The summed E-state index contributed by atoms with van der Waals surface area (Å²) in [6, 6.07) is 3.17. The Kier molecular flexibility index (Phi) is 4.01. The van der Waals surface area contributed by atoms with Crippen molar-refractivity contribution in [3.8, 4) is 5.75 Å². The van der Waals surface area contributed by atoms with Crippen molar-refractivity contribution in [3.05, 3.63) is 29.8 Å². The molecule has 0 spiro atoms. The van der Waals surface area contributed by atoms with Gasteiger partial charge >= 0.3 is 0 Å². The first kappa shape index (κ1) is 13.4. The highest BCUT2D eigenvalue weighted by Gasteiger charge is 2.28. The normalized spacial score (nSPS) is 11.1. The van der Waals surface area contributed by atoms with Crippen LogP contribution in [0.2, 0.25) is 0 Å². The van der Waals surface area contributed by atoms with E-state index in [0.29, 0.717) is 0 Å². The maximum absolute atomic E-state index is 12.9. The number of hydrazine groups is 1. The molecular formula is C11H14F2N2O2. The Morgan fingerprint density at radius 1 is 1.41 bits per heavy atom. The Balaban J connectivity index is 2.67. The first-order chi connectivity index (χ1) is 7.86. The van der Waals surface area contributed by atoms with Crippen LogP contribution in [-0.2, 0) is 4.79 Å². The van der Waals surface area contributed by atoms with E-state index in [-0.39, 0.29) is 12.4 Å². The van der Waals surface area contributed by atoms with E-state index in [1.165, 1.54) is 6.07 Å². The molecule has 0 bridgehead atoms. The molecule has 1 rings (SSSR count). The highest BCUT2D eigenvalue weighted by molar-refractivity contribution is 5.81. The van der Waals surface area contributed by atoms with Crippen LogP contribution in [0.1, 0.15) is 13.8 Å². The fraction of sp³-hybridized carbons (Fsp3) is 0.364. The van der Waals surface area contributed by atoms with Crippen molar-refractivity contribution < 1.29 is 18.3 Å². The molecule has 0 saturated heterocycles. The molecule has 0 saturated carbocycles. The Hall–Kier alpha value is -1.69. The molecule has 94 valence electrons. The van der Waals surface area contributed by atoms with Crippen LogP contribution < -0.4 is 16.0 Å². The smallest absolute Gasteiger partial charge is 0.242 e. The van der Waals surface area contributed by atoms with Crippen molar-refractivity contribution in [1.82, 2.24) is 5.43 Å². The van der Waals surface area contributed by atoms with Gasteiger partial charge in [0.1, 0.15) is 12.4 Å². The lowest BCUT2D eigenvalue weighted by Crippen LogP contribution is -2.44. The molecule has 0 aromatic heterocycles. The summed E-state index contributed by atoms with van der Waals surface area (Å²) in [4.78, 5) is 11.3. The monoisotopic (exact) mass is 244 g/mol. The maximum atomic E-state index is 12.9. The standard InChI is InChI=1S/C11H14F2N2O2/c1-11(2,10(16)15-14)6-17-7-3-4-8(12)9(13)5-7/h3-5H,6,14H2,1-2H3,(H,15,16). The van der Waals surface area contributed by atoms with E-state index < -0.39 is 23.0 Å². The molecule has 0 heterocycles. The molecule has 0 aliphatic heterocycles. The number of amides is 1. The Morgan fingerprint density at radius 2 is 2.06 bits per heavy atom. The van der Waals surface area contributed by atoms with Crippen LogP contribution in [0.5, 0.6) is 5.75 Å². The van der Waals surface area contributed by atoms with Gasteiger partial charge in [0.05, 0.1) is 5.41 Å². The lowest BCUT2D eigenvalue weighted by Gasteiger charge is -2.22. The molecule has 0 fully saturated rings. The number of halogens is 2. The van der Waals surface area contributed by atoms with Crippen LogP contribution in [0.15, 0.2) is 18.2 Å². The first-order valence-corrected chi connectivity index (χ1v) is 4.96. The molecule has 0 radical (unpaired) electrons. The van der Waals surface area contributed by atoms with Crippen LogP contribution in [-0.4, -0.2) is 12.5 Å². The zero-order valence-electron chi connectivity index (χ0n) is 9.59. The van der Waals surface area contributed by atoms with Crippen molar-refractivity contribution in [2.45, 2.75) is 13.8 Å². The number of carbonyl (C=O) groups excluding carboxylic acids is 1. The lowest BCUT2D eigenvalue weighted by atomic mass is 9.94. The third-order valence-electron chi connectivity index (χ3n) is 2.24. The zero-order valence-corrected chi connectivity index (χ0v) is 9.59. The Morgan fingerprint density at radius 3 is 2.59 bits per heavy atom. The van der Waals surface area contributed by atoms with Gasteiger partial charge in [0, 0.05) is 6.07 Å². The van der Waals surface area contributed by atoms with Gasteiger partial charge in [-0.2, -0.15) is 0 Å². The Labute approximate surface area is 97.7 Å². The molecule has 0 atom stereocenters. The van der Waals surface area contributed by atoms with Gasteiger partial charge in [0.15, 0.2) is 11.6 Å². The van der Waals surface area contributed by atoms with Crippen LogP contribution >= 0.6 is 0 Å². The third-order valence-corrected chi connectivity index (χ3v) is 2.24. The minimum atomic E-state index is -0.997. The topological polar surface area (TPSA) is 64.3 Å². The highest BCUT2D eigenvalue weighted by atomic mass is 19.2. The number of carbonyl (C=O) groups is 1. The molecule has 3 N–H and O–H groups in total. The molecule has 0 unspecified atom stereocenters. The van der Waals surface area contributed by atoms with E-state index in [9.17, 15) is 13.6 Å². The predicted octanol–water partition coefficient (Wildman–Crippen LogP) is 1.36. The number of rotatable bonds is 4. The minimum absolute atomic E-state index is 0.00110. The first-order valence-electron chi connectivity index (χ1n) is 4.96. The SMILES string of the molecule is CC(C)(COc1ccc(F)c(F)c1)C(=O)NN. The van der Waals surface area contributed by atoms with Crippen molar-refractivity contribution in [2.75, 3.05) is 6.61 Å². The van der Waals surface area contributed by atoms with Gasteiger partial charge in [-0.1, -0.05) is 0 Å². The van der Waals surface area contributed by atoms with Crippen molar-refractivity contribution in [2.24, 2.45) is 11.3 Å². The Bertz CT molecular complexity index is 422. The van der Waals surface area contributed by atoms with E-state index in [1.807, 2.05) is 5.43 Å². The van der Waals surface area contributed by atoms with E-state index >= 15 is 0 Å². The molecule has 17 heavy (non-hydrogen) atoms. The summed E-state index contributed by atoms with van der Waals surface area (Å²) in [6.45, 7) is 3.24. The molecule has 1 aromatic rings. The van der Waals surface area contributed by atoms with E-state index in [0.717, 1.165) is 12.1 Å². The van der Waals surface area contributed by atoms with E-state index in [1.54, 1.807) is 13.8 Å². The van der Waals surface area contributed by atoms with Crippen molar-refractivity contribution >= 4 is 5.91 Å². The number of nitrogens with one attached hydrogen (secondary N) is 1. The summed E-state index contributed by atoms with van der Waals surface area (Å²) < 4.78 is 30.7. The quantitative estimate of drug-likeness (QED) is 0.477. The number of benzene rings is 1. The molecule has 6 heteroatoms. The molecule has 0 aliphatic carbocycles. The second-order valence-electron chi connectivity index (χ2n) is 4.22. The van der Waals surface area contributed by atoms with Crippen LogP contribution in [0.25, 0.3) is 0 Å². The predicted molar refractivity (Wildman–Crippen MR) is 58.0 cm³/mol. The molecule has 1 aromatic carbocycles. The summed E-state index contributed by atoms with van der Waals surface area (Å²) in [6.07, 6.45) is 0. The van der Waals surface area contributed by atoms with Crippen molar-refractivity contribution in [1.29, 1.82) is 0 Å². The van der Waals surface area contributed by atoms with Crippen LogP contribution in [0.4, 0.5) is 8.78 Å². The molecular weight excluding hydrogens is 230 g/mol.